The van der Waals surface area contributed by atoms with E-state index in [2.05, 4.69) is 75.4 Å². The maximum absolute atomic E-state index is 6.86. The van der Waals surface area contributed by atoms with Gasteiger partial charge in [0.25, 0.3) is 6.71 Å². The Morgan fingerprint density at radius 2 is 1.95 bits per heavy atom. The van der Waals surface area contributed by atoms with Crippen molar-refractivity contribution in [3.63, 3.8) is 0 Å². The van der Waals surface area contributed by atoms with Crippen LogP contribution in [0.15, 0.2) is 99.3 Å². The van der Waals surface area contributed by atoms with E-state index in [9.17, 15) is 0 Å². The summed E-state index contributed by atoms with van der Waals surface area (Å²) in [5, 5.41) is 0. The van der Waals surface area contributed by atoms with Crippen LogP contribution in [0, 0.1) is 5.41 Å². The van der Waals surface area contributed by atoms with Gasteiger partial charge in [-0.1, -0.05) is 51.1 Å². The van der Waals surface area contributed by atoms with Gasteiger partial charge >= 0.3 is 0 Å². The van der Waals surface area contributed by atoms with E-state index in [1.165, 1.54) is 22.0 Å². The van der Waals surface area contributed by atoms with E-state index in [4.69, 9.17) is 23.9 Å². The molecule has 0 saturated carbocycles. The molecule has 1 aromatic rings. The van der Waals surface area contributed by atoms with Crippen LogP contribution in [0.25, 0.3) is 0 Å². The van der Waals surface area contributed by atoms with Gasteiger partial charge < -0.3 is 18.9 Å². The smallest absolute Gasteiger partial charge is 0.257 e. The average Bonchev–Trinajstić information content (AvgIpc) is 2.95. The van der Waals surface area contributed by atoms with Gasteiger partial charge in [0.2, 0.25) is 5.88 Å². The fraction of sp³-hybridized carbons (Fsp3) is 0.424. The number of benzene rings is 1. The zero-order chi connectivity index (χ0) is 26.7. The van der Waals surface area contributed by atoms with E-state index >= 15 is 0 Å². The van der Waals surface area contributed by atoms with Crippen LogP contribution in [0.5, 0.6) is 5.75 Å². The number of hydrogen-bond acceptors (Lipinski definition) is 5. The summed E-state index contributed by atoms with van der Waals surface area (Å²) >= 11 is 0. The van der Waals surface area contributed by atoms with Crippen LogP contribution in [-0.2, 0) is 14.2 Å². The maximum atomic E-state index is 6.86. The Kier molecular flexibility index (Phi) is 4.74. The van der Waals surface area contributed by atoms with Gasteiger partial charge in [-0.3, -0.25) is 0 Å². The van der Waals surface area contributed by atoms with Gasteiger partial charge in [0.1, 0.15) is 23.4 Å². The lowest BCUT2D eigenvalue weighted by Crippen LogP contribution is -2.56. The Labute approximate surface area is 236 Å². The van der Waals surface area contributed by atoms with Crippen molar-refractivity contribution in [2.45, 2.75) is 82.5 Å². The normalized spacial score (nSPS) is 32.6. The molecule has 0 bridgehead atoms. The van der Waals surface area contributed by atoms with Crippen molar-refractivity contribution in [3.05, 3.63) is 94.3 Å². The first kappa shape index (κ1) is 23.4. The van der Waals surface area contributed by atoms with Crippen molar-refractivity contribution >= 4 is 24.8 Å². The van der Waals surface area contributed by atoms with Crippen LogP contribution in [-0.4, -0.2) is 31.5 Å². The number of rotatable bonds is 0. The molecule has 3 aliphatic carbocycles. The molecule has 5 atom stereocenters. The second kappa shape index (κ2) is 8.11. The predicted molar refractivity (Wildman–Crippen MR) is 158 cm³/mol. The minimum Gasteiger partial charge on any atom is -0.495 e. The summed E-state index contributed by atoms with van der Waals surface area (Å²) in [7, 11) is 0. The zero-order valence-electron chi connectivity index (χ0n) is 23.4. The Bertz CT molecular complexity index is 1570. The van der Waals surface area contributed by atoms with Crippen LogP contribution in [0.4, 0.5) is 0 Å². The minimum absolute atomic E-state index is 0.0163. The van der Waals surface area contributed by atoms with Crippen molar-refractivity contribution in [1.29, 1.82) is 0 Å². The lowest BCUT2D eigenvalue weighted by molar-refractivity contribution is 0.0625. The number of aliphatic imine (C=N–C) groups is 1. The molecule has 5 unspecified atom stereocenters. The van der Waals surface area contributed by atoms with Crippen LogP contribution in [0.2, 0.25) is 17.5 Å². The van der Waals surface area contributed by atoms with E-state index in [1.807, 2.05) is 0 Å². The predicted octanol–water partition coefficient (Wildman–Crippen LogP) is 6.46. The van der Waals surface area contributed by atoms with Gasteiger partial charge in [-0.15, -0.1) is 0 Å². The summed E-state index contributed by atoms with van der Waals surface area (Å²) in [6, 6.07) is 8.49. The molecule has 2 saturated heterocycles. The highest BCUT2D eigenvalue weighted by Crippen LogP contribution is 2.58. The summed E-state index contributed by atoms with van der Waals surface area (Å²) in [4.78, 5) is 5.24. The van der Waals surface area contributed by atoms with E-state index in [0.29, 0.717) is 12.5 Å². The van der Waals surface area contributed by atoms with Gasteiger partial charge in [0.15, 0.2) is 12.6 Å². The molecule has 5 aliphatic heterocycles. The largest absolute Gasteiger partial charge is 0.495 e. The average molecular weight is 529 g/mol. The third-order valence-corrected chi connectivity index (χ3v) is 10.3. The fourth-order valence-corrected chi connectivity index (χ4v) is 8.45. The molecule has 7 heteroatoms. The quantitative estimate of drug-likeness (QED) is 0.286. The lowest BCUT2D eigenvalue weighted by atomic mass is 9.21. The van der Waals surface area contributed by atoms with Crippen molar-refractivity contribution in [1.82, 2.24) is 0 Å². The summed E-state index contributed by atoms with van der Waals surface area (Å²) in [5.74, 6) is 6.39. The first-order chi connectivity index (χ1) is 19.4. The van der Waals surface area contributed by atoms with Crippen LogP contribution < -0.4 is 10.2 Å². The number of fused-ring (bicyclic) bond motifs is 7. The topological polar surface area (TPSA) is 49.3 Å². The van der Waals surface area contributed by atoms with E-state index in [1.54, 1.807) is 0 Å². The summed E-state index contributed by atoms with van der Waals surface area (Å²) < 4.78 is 26.7. The number of para-hydroxylation sites is 1. The van der Waals surface area contributed by atoms with E-state index in [0.717, 1.165) is 66.9 Å². The molecule has 0 spiro atoms. The van der Waals surface area contributed by atoms with E-state index < -0.39 is 0 Å². The van der Waals surface area contributed by atoms with Crippen molar-refractivity contribution in [2.24, 2.45) is 10.4 Å². The zero-order valence-corrected chi connectivity index (χ0v) is 23.4. The molecular formula is C33H33B2NO4. The summed E-state index contributed by atoms with van der Waals surface area (Å²) in [6.07, 6.45) is 16.7. The van der Waals surface area contributed by atoms with Gasteiger partial charge in [-0.2, -0.15) is 4.99 Å². The summed E-state index contributed by atoms with van der Waals surface area (Å²) in [6.45, 7) is 7.29. The highest BCUT2D eigenvalue weighted by Gasteiger charge is 2.60. The molecule has 0 N–H and O–H groups in total. The molecule has 200 valence electrons. The number of allylic oxidation sites excluding steroid dienone is 7. The van der Waals surface area contributed by atoms with Gasteiger partial charge in [0.05, 0.1) is 11.9 Å². The molecule has 8 aliphatic rings. The molecule has 0 radical (unpaired) electrons. The first-order valence-corrected chi connectivity index (χ1v) is 15.1. The third-order valence-electron chi connectivity index (χ3n) is 10.3. The standard InChI is InChI=1S/C33H33B2NO4/c1-33(2,3)18-15-27-30-28(16-18)40-32-22(35(30)20-10-5-7-12-24(20)38-27)17-21-31(36-32)39-26-14-8-13-25-29(26)34(21)19-9-4-6-11-23(19)37-25/h4-6,9-11,13,15-16,20,22,24,28,30H,7-8,12,14,17H2,1-3H3. The van der Waals surface area contributed by atoms with Crippen molar-refractivity contribution < 1.29 is 18.9 Å². The van der Waals surface area contributed by atoms with Gasteiger partial charge in [0, 0.05) is 23.5 Å². The lowest BCUT2D eigenvalue weighted by Gasteiger charge is -2.53. The monoisotopic (exact) mass is 529 g/mol. The molecule has 2 fully saturated rings. The third kappa shape index (κ3) is 3.21. The maximum Gasteiger partial charge on any atom is 0.257 e. The Hall–Kier alpha value is -3.34. The van der Waals surface area contributed by atoms with Gasteiger partial charge in [-0.25, -0.2) is 0 Å². The van der Waals surface area contributed by atoms with Crippen LogP contribution in [0.3, 0.4) is 0 Å². The van der Waals surface area contributed by atoms with Crippen LogP contribution >= 0.6 is 0 Å². The minimum atomic E-state index is -0.0703. The van der Waals surface area contributed by atoms with Gasteiger partial charge in [-0.05, 0) is 77.7 Å². The first-order valence-electron chi connectivity index (χ1n) is 15.1. The Morgan fingerprint density at radius 3 is 2.85 bits per heavy atom. The molecule has 5 heterocycles. The fourth-order valence-electron chi connectivity index (χ4n) is 8.45. The van der Waals surface area contributed by atoms with Crippen molar-refractivity contribution in [2.75, 3.05) is 0 Å². The second-order valence-corrected chi connectivity index (χ2v) is 13.6. The van der Waals surface area contributed by atoms with E-state index in [-0.39, 0.29) is 36.0 Å². The molecule has 9 rings (SSSR count). The highest BCUT2D eigenvalue weighted by atomic mass is 16.5. The SMILES string of the molecule is CC(C)(C)C1=CC2OC3=NC4=C(CC3B3C5C=CCCC5OC(=C1)C32)B1C2=C(CCC=C2Oc2ccccc21)O4. The number of hydrogen-bond donors (Lipinski definition) is 0. The Balaban J connectivity index is 1.19. The second-order valence-electron chi connectivity index (χ2n) is 13.6. The molecule has 40 heavy (non-hydrogen) atoms. The van der Waals surface area contributed by atoms with Crippen LogP contribution in [0.1, 0.15) is 52.9 Å². The molecule has 1 aromatic carbocycles. The number of nitrogens with zero attached hydrogens (tertiary/aromatic N) is 1. The molecular weight excluding hydrogens is 496 g/mol. The summed E-state index contributed by atoms with van der Waals surface area (Å²) in [5.41, 5.74) is 4.99. The molecule has 0 aromatic heterocycles. The molecule has 0 amide bonds. The highest BCUT2D eigenvalue weighted by molar-refractivity contribution is 6.88. The molecule has 5 nitrogen and oxygen atoms in total. The number of ether oxygens (including phenoxy) is 4. The van der Waals surface area contributed by atoms with Crippen molar-refractivity contribution in [3.8, 4) is 5.75 Å². The Morgan fingerprint density at radius 1 is 1.05 bits per heavy atom.